The van der Waals surface area contributed by atoms with Crippen molar-refractivity contribution in [1.82, 2.24) is 14.9 Å². The maximum absolute atomic E-state index is 4.43. The summed E-state index contributed by atoms with van der Waals surface area (Å²) in [6, 6.07) is 0.702. The van der Waals surface area contributed by atoms with Crippen LogP contribution in [0.2, 0.25) is 0 Å². The maximum Gasteiger partial charge on any atom is 0.0727 e. The van der Waals surface area contributed by atoms with E-state index in [1.807, 2.05) is 31.1 Å². The van der Waals surface area contributed by atoms with E-state index < -0.39 is 0 Å². The number of hydrogen-bond donors (Lipinski definition) is 0. The van der Waals surface area contributed by atoms with Gasteiger partial charge in [-0.1, -0.05) is 6.42 Å². The number of hydrogen-bond acceptors (Lipinski definition) is 4. The molecule has 2 atom stereocenters. The van der Waals surface area contributed by atoms with Crippen LogP contribution in [0.25, 0.3) is 0 Å². The molecule has 0 unspecified atom stereocenters. The third-order valence-corrected chi connectivity index (χ3v) is 4.69. The lowest BCUT2D eigenvalue weighted by molar-refractivity contribution is 0.239. The van der Waals surface area contributed by atoms with Crippen LogP contribution in [0.3, 0.4) is 0 Å². The van der Waals surface area contributed by atoms with Gasteiger partial charge in [-0.05, 0) is 33.1 Å². The average Bonchev–Trinajstić information content (AvgIpc) is 2.80. The van der Waals surface area contributed by atoms with Crippen LogP contribution in [-0.4, -0.2) is 39.5 Å². The quantitative estimate of drug-likeness (QED) is 0.822. The van der Waals surface area contributed by atoms with E-state index in [1.54, 1.807) is 0 Å². The Hall–Kier alpha value is -0.610. The fraction of sp³-hybridized carbons (Fsp3) is 0.692. The van der Waals surface area contributed by atoms with Gasteiger partial charge in [0.15, 0.2) is 0 Å². The first-order chi connectivity index (χ1) is 8.20. The van der Waals surface area contributed by atoms with E-state index >= 15 is 0 Å². The van der Waals surface area contributed by atoms with Gasteiger partial charge in [-0.3, -0.25) is 14.9 Å². The van der Waals surface area contributed by atoms with Crippen molar-refractivity contribution < 1.29 is 0 Å². The highest BCUT2D eigenvalue weighted by atomic mass is 32.2. The Morgan fingerprint density at radius 1 is 1.35 bits per heavy atom. The molecule has 1 aliphatic rings. The molecule has 1 aliphatic carbocycles. The number of aryl methyl sites for hydroxylation is 1. The Morgan fingerprint density at radius 3 is 2.82 bits per heavy atom. The van der Waals surface area contributed by atoms with Crippen molar-refractivity contribution in [3.8, 4) is 0 Å². The molecular weight excluding hydrogens is 230 g/mol. The first kappa shape index (κ1) is 12.8. The Kier molecular flexibility index (Phi) is 4.40. The highest BCUT2D eigenvalue weighted by Gasteiger charge is 2.29. The van der Waals surface area contributed by atoms with Crippen molar-refractivity contribution in [3.63, 3.8) is 0 Å². The van der Waals surface area contributed by atoms with Crippen LogP contribution < -0.4 is 0 Å². The molecule has 1 heterocycles. The summed E-state index contributed by atoms with van der Waals surface area (Å²) in [5.41, 5.74) is 2.06. The van der Waals surface area contributed by atoms with Gasteiger partial charge in [0.1, 0.15) is 0 Å². The van der Waals surface area contributed by atoms with Gasteiger partial charge in [0.25, 0.3) is 0 Å². The van der Waals surface area contributed by atoms with Crippen LogP contribution in [0.4, 0.5) is 0 Å². The highest BCUT2D eigenvalue weighted by molar-refractivity contribution is 7.99. The summed E-state index contributed by atoms with van der Waals surface area (Å²) in [5.74, 6) is 0. The zero-order valence-corrected chi connectivity index (χ0v) is 11.7. The monoisotopic (exact) mass is 251 g/mol. The third kappa shape index (κ3) is 3.19. The van der Waals surface area contributed by atoms with Crippen molar-refractivity contribution in [2.45, 2.75) is 44.0 Å². The third-order valence-electron chi connectivity index (χ3n) is 3.53. The normalized spacial score (nSPS) is 24.5. The van der Waals surface area contributed by atoms with Crippen molar-refractivity contribution in [1.29, 1.82) is 0 Å². The molecule has 4 heteroatoms. The number of aromatic nitrogens is 2. The summed E-state index contributed by atoms with van der Waals surface area (Å²) in [6.07, 6.45) is 10.0. The lowest BCUT2D eigenvalue weighted by Gasteiger charge is -2.28. The molecule has 3 nitrogen and oxygen atoms in total. The zero-order chi connectivity index (χ0) is 12.3. The van der Waals surface area contributed by atoms with E-state index in [2.05, 4.69) is 28.2 Å². The molecule has 0 aromatic carbocycles. The largest absolute Gasteiger partial charge is 0.296 e. The van der Waals surface area contributed by atoms with Crippen molar-refractivity contribution >= 4 is 11.8 Å². The molecule has 0 aliphatic heterocycles. The minimum Gasteiger partial charge on any atom is -0.296 e. The van der Waals surface area contributed by atoms with Crippen LogP contribution in [0, 0.1) is 6.92 Å². The zero-order valence-electron chi connectivity index (χ0n) is 10.9. The fourth-order valence-electron chi connectivity index (χ4n) is 2.56. The lowest BCUT2D eigenvalue weighted by atomic mass is 10.2. The van der Waals surface area contributed by atoms with Gasteiger partial charge in [-0.15, -0.1) is 0 Å². The molecule has 0 spiro atoms. The van der Waals surface area contributed by atoms with Crippen molar-refractivity contribution in [3.05, 3.63) is 23.8 Å². The van der Waals surface area contributed by atoms with Gasteiger partial charge in [-0.25, -0.2) is 0 Å². The second-order valence-corrected chi connectivity index (χ2v) is 5.91. The topological polar surface area (TPSA) is 29.0 Å². The van der Waals surface area contributed by atoms with Gasteiger partial charge >= 0.3 is 0 Å². The number of nitrogens with zero attached hydrogens (tertiary/aromatic N) is 3. The molecule has 17 heavy (non-hydrogen) atoms. The first-order valence-corrected chi connectivity index (χ1v) is 7.50. The second-order valence-electron chi connectivity index (χ2n) is 4.84. The summed E-state index contributed by atoms with van der Waals surface area (Å²) in [5, 5.41) is 0.790. The van der Waals surface area contributed by atoms with Crippen LogP contribution >= 0.6 is 11.8 Å². The van der Waals surface area contributed by atoms with Crippen LogP contribution in [0.1, 0.15) is 30.7 Å². The first-order valence-electron chi connectivity index (χ1n) is 6.21. The summed E-state index contributed by atoms with van der Waals surface area (Å²) in [4.78, 5) is 11.2. The second kappa shape index (κ2) is 5.83. The summed E-state index contributed by atoms with van der Waals surface area (Å²) in [7, 11) is 2.21. The molecule has 0 saturated heterocycles. The molecule has 1 aromatic rings. The van der Waals surface area contributed by atoms with Gasteiger partial charge < -0.3 is 0 Å². The van der Waals surface area contributed by atoms with E-state index in [4.69, 9.17) is 0 Å². The Labute approximate surface area is 108 Å². The number of rotatable bonds is 4. The van der Waals surface area contributed by atoms with Crippen molar-refractivity contribution in [2.75, 3.05) is 13.3 Å². The summed E-state index contributed by atoms with van der Waals surface area (Å²) < 4.78 is 0. The van der Waals surface area contributed by atoms with E-state index in [0.29, 0.717) is 6.04 Å². The lowest BCUT2D eigenvalue weighted by Crippen LogP contribution is -2.35. The summed E-state index contributed by atoms with van der Waals surface area (Å²) in [6.45, 7) is 2.89. The van der Waals surface area contributed by atoms with E-state index in [0.717, 1.165) is 23.2 Å². The summed E-state index contributed by atoms with van der Waals surface area (Å²) >= 11 is 2.00. The average molecular weight is 251 g/mol. The maximum atomic E-state index is 4.43. The minimum absolute atomic E-state index is 0.702. The van der Waals surface area contributed by atoms with Crippen LogP contribution in [-0.2, 0) is 6.54 Å². The molecule has 0 amide bonds. The molecule has 0 N–H and O–H groups in total. The van der Waals surface area contributed by atoms with E-state index in [1.165, 1.54) is 19.3 Å². The van der Waals surface area contributed by atoms with Crippen molar-refractivity contribution in [2.24, 2.45) is 0 Å². The van der Waals surface area contributed by atoms with Crippen LogP contribution in [0.5, 0.6) is 0 Å². The fourth-order valence-corrected chi connectivity index (χ4v) is 3.62. The minimum atomic E-state index is 0.702. The molecule has 0 bridgehead atoms. The predicted octanol–water partition coefficient (Wildman–Crippen LogP) is 2.50. The molecule has 2 rings (SSSR count). The standard InChI is InChI=1S/C13H21N3S/c1-10-7-15-11(8-14-10)9-16(2)12-5-4-6-13(12)17-3/h7-8,12-13H,4-6,9H2,1-3H3/t12-,13+/m0/s1. The SMILES string of the molecule is CS[C@@H]1CCC[C@@H]1N(C)Cc1cnc(C)cn1. The molecule has 1 saturated carbocycles. The smallest absolute Gasteiger partial charge is 0.0727 e. The molecule has 0 radical (unpaired) electrons. The molecule has 1 aromatic heterocycles. The molecular formula is C13H21N3S. The van der Waals surface area contributed by atoms with Gasteiger partial charge in [0.05, 0.1) is 11.4 Å². The van der Waals surface area contributed by atoms with E-state index in [9.17, 15) is 0 Å². The van der Waals surface area contributed by atoms with Gasteiger partial charge in [0, 0.05) is 30.2 Å². The van der Waals surface area contributed by atoms with Gasteiger partial charge in [0.2, 0.25) is 0 Å². The Bertz CT molecular complexity index is 352. The Morgan fingerprint density at radius 2 is 2.18 bits per heavy atom. The molecule has 94 valence electrons. The van der Waals surface area contributed by atoms with Crippen LogP contribution in [0.15, 0.2) is 12.4 Å². The highest BCUT2D eigenvalue weighted by Crippen LogP contribution is 2.31. The van der Waals surface area contributed by atoms with Gasteiger partial charge in [-0.2, -0.15) is 11.8 Å². The Balaban J connectivity index is 1.96. The number of thioether (sulfide) groups is 1. The molecule has 1 fully saturated rings. The van der Waals surface area contributed by atoms with E-state index in [-0.39, 0.29) is 0 Å². The predicted molar refractivity (Wildman–Crippen MR) is 73.2 cm³/mol.